The summed E-state index contributed by atoms with van der Waals surface area (Å²) < 4.78 is 76.3. The van der Waals surface area contributed by atoms with Crippen LogP contribution in [0.2, 0.25) is 0 Å². The van der Waals surface area contributed by atoms with Gasteiger partial charge in [-0.3, -0.25) is 0 Å². The fraction of sp³-hybridized carbons (Fsp3) is 0.538. The number of hydrogen-bond acceptors (Lipinski definition) is 2. The van der Waals surface area contributed by atoms with E-state index in [2.05, 4.69) is 0 Å². The third kappa shape index (κ3) is 4.34. The molecule has 1 aromatic carbocycles. The number of halogens is 6. The van der Waals surface area contributed by atoms with Gasteiger partial charge in [-0.1, -0.05) is 0 Å². The van der Waals surface area contributed by atoms with Crippen LogP contribution in [0.1, 0.15) is 36.5 Å². The highest BCUT2D eigenvalue weighted by Crippen LogP contribution is 2.38. The minimum atomic E-state index is -4.96. The van der Waals surface area contributed by atoms with Gasteiger partial charge in [-0.15, -0.1) is 0 Å². The summed E-state index contributed by atoms with van der Waals surface area (Å²) in [5.41, 5.74) is -3.36. The Morgan fingerprint density at radius 3 is 1.33 bits per heavy atom. The van der Waals surface area contributed by atoms with Gasteiger partial charge >= 0.3 is 12.4 Å². The molecule has 0 aliphatic heterocycles. The number of alkyl halides is 6. The van der Waals surface area contributed by atoms with Crippen molar-refractivity contribution in [2.24, 2.45) is 0 Å². The smallest absolute Gasteiger partial charge is 0.393 e. The first kappa shape index (κ1) is 17.8. The minimum Gasteiger partial charge on any atom is -0.393 e. The molecular weight excluding hydrogens is 302 g/mol. The maximum atomic E-state index is 12.7. The summed E-state index contributed by atoms with van der Waals surface area (Å²) in [6, 6.07) is 1.03. The Kier molecular flexibility index (Phi) is 4.94. The molecule has 0 saturated heterocycles. The zero-order chi connectivity index (χ0) is 16.6. The van der Waals surface area contributed by atoms with E-state index in [4.69, 9.17) is 0 Å². The molecule has 0 heterocycles. The predicted molar refractivity (Wildman–Crippen MR) is 62.5 cm³/mol. The lowest BCUT2D eigenvalue weighted by atomic mass is 9.87. The van der Waals surface area contributed by atoms with Crippen molar-refractivity contribution in [3.8, 4) is 0 Å². The predicted octanol–water partition coefficient (Wildman–Crippen LogP) is 3.57. The lowest BCUT2D eigenvalue weighted by Crippen LogP contribution is -2.26. The van der Waals surface area contributed by atoms with Crippen LogP contribution in [-0.4, -0.2) is 22.4 Å². The van der Waals surface area contributed by atoms with Gasteiger partial charge in [0.15, 0.2) is 0 Å². The molecular formula is C13H14F6O2. The number of aliphatic hydroxyl groups is 2. The molecule has 0 aliphatic carbocycles. The maximum absolute atomic E-state index is 12.7. The van der Waals surface area contributed by atoms with Gasteiger partial charge in [-0.2, -0.15) is 26.3 Å². The maximum Gasteiger partial charge on any atom is 0.416 e. The Hall–Kier alpha value is -1.28. The van der Waals surface area contributed by atoms with Crippen LogP contribution >= 0.6 is 0 Å². The van der Waals surface area contributed by atoms with Crippen molar-refractivity contribution in [1.82, 2.24) is 0 Å². The third-order valence-corrected chi connectivity index (χ3v) is 3.03. The number of rotatable bonds is 3. The van der Waals surface area contributed by atoms with Crippen molar-refractivity contribution in [2.75, 3.05) is 0 Å². The first-order valence-electron chi connectivity index (χ1n) is 5.99. The van der Waals surface area contributed by atoms with Gasteiger partial charge in [0, 0.05) is 5.92 Å². The molecule has 0 spiro atoms. The van der Waals surface area contributed by atoms with Gasteiger partial charge in [0.2, 0.25) is 0 Å². The summed E-state index contributed by atoms with van der Waals surface area (Å²) in [7, 11) is 0. The second-order valence-electron chi connectivity index (χ2n) is 4.85. The minimum absolute atomic E-state index is 0.00461. The molecule has 2 nitrogen and oxygen atoms in total. The Morgan fingerprint density at radius 2 is 1.10 bits per heavy atom. The molecule has 8 heteroatoms. The van der Waals surface area contributed by atoms with Gasteiger partial charge in [0.25, 0.3) is 0 Å². The lowest BCUT2D eigenvalue weighted by Gasteiger charge is -2.25. The Morgan fingerprint density at radius 1 is 0.762 bits per heavy atom. The topological polar surface area (TPSA) is 40.5 Å². The monoisotopic (exact) mass is 316 g/mol. The Balaban J connectivity index is 3.51. The van der Waals surface area contributed by atoms with Crippen LogP contribution in [0.25, 0.3) is 0 Å². The van der Waals surface area contributed by atoms with E-state index in [0.717, 1.165) is 0 Å². The summed E-state index contributed by atoms with van der Waals surface area (Å²) in [5, 5.41) is 19.0. The molecule has 2 unspecified atom stereocenters. The van der Waals surface area contributed by atoms with E-state index in [1.54, 1.807) is 0 Å². The molecule has 1 rings (SSSR count). The molecule has 0 aromatic heterocycles. The first-order valence-corrected chi connectivity index (χ1v) is 5.99. The quantitative estimate of drug-likeness (QED) is 0.837. The number of hydrogen-bond donors (Lipinski definition) is 2. The zero-order valence-corrected chi connectivity index (χ0v) is 11.1. The van der Waals surface area contributed by atoms with E-state index in [1.165, 1.54) is 13.8 Å². The summed E-state index contributed by atoms with van der Waals surface area (Å²) in [4.78, 5) is 0. The molecule has 0 aliphatic rings. The van der Waals surface area contributed by atoms with Crippen molar-refractivity contribution in [2.45, 2.75) is 44.3 Å². The number of benzene rings is 1. The highest BCUT2D eigenvalue weighted by Gasteiger charge is 2.38. The van der Waals surface area contributed by atoms with Crippen LogP contribution < -0.4 is 0 Å². The van der Waals surface area contributed by atoms with Crippen LogP contribution in [0, 0.1) is 0 Å². The number of aliphatic hydroxyl groups excluding tert-OH is 2. The summed E-state index contributed by atoms with van der Waals surface area (Å²) in [6.07, 6.45) is -12.5. The molecule has 21 heavy (non-hydrogen) atoms. The molecule has 0 radical (unpaired) electrons. The normalized spacial score (nSPS) is 17.4. The SMILES string of the molecule is CC(O)C(c1cc(C(F)(F)F)cc(C(F)(F)F)c1)C(C)O. The second kappa shape index (κ2) is 5.84. The van der Waals surface area contributed by atoms with Gasteiger partial charge < -0.3 is 10.2 Å². The summed E-state index contributed by atoms with van der Waals surface area (Å²) in [6.45, 7) is 2.37. The van der Waals surface area contributed by atoms with E-state index in [1.807, 2.05) is 0 Å². The molecule has 2 N–H and O–H groups in total. The molecule has 0 bridgehead atoms. The Labute approximate surface area is 117 Å². The second-order valence-corrected chi connectivity index (χ2v) is 4.85. The standard InChI is InChI=1S/C13H14F6O2/c1-6(20)11(7(2)21)8-3-9(12(14,15)16)5-10(4-8)13(17,18)19/h3-7,11,20-21H,1-2H3. The lowest BCUT2D eigenvalue weighted by molar-refractivity contribution is -0.143. The van der Waals surface area contributed by atoms with Gasteiger partial charge in [-0.25, -0.2) is 0 Å². The van der Waals surface area contributed by atoms with Crippen LogP contribution in [0.5, 0.6) is 0 Å². The zero-order valence-electron chi connectivity index (χ0n) is 11.1. The highest BCUT2D eigenvalue weighted by atomic mass is 19.4. The fourth-order valence-electron chi connectivity index (χ4n) is 2.13. The van der Waals surface area contributed by atoms with Crippen molar-refractivity contribution >= 4 is 0 Å². The van der Waals surface area contributed by atoms with E-state index < -0.39 is 47.2 Å². The van der Waals surface area contributed by atoms with Crippen LogP contribution in [-0.2, 0) is 12.4 Å². The van der Waals surface area contributed by atoms with Gasteiger partial charge in [0.1, 0.15) is 0 Å². The van der Waals surface area contributed by atoms with Crippen molar-refractivity contribution in [1.29, 1.82) is 0 Å². The van der Waals surface area contributed by atoms with Crippen LogP contribution in [0.3, 0.4) is 0 Å². The van der Waals surface area contributed by atoms with E-state index >= 15 is 0 Å². The Bertz CT molecular complexity index is 450. The highest BCUT2D eigenvalue weighted by molar-refractivity contribution is 5.36. The van der Waals surface area contributed by atoms with Gasteiger partial charge in [0.05, 0.1) is 23.3 Å². The first-order chi connectivity index (χ1) is 9.34. The van der Waals surface area contributed by atoms with Crippen molar-refractivity contribution < 1.29 is 36.6 Å². The largest absolute Gasteiger partial charge is 0.416 e. The van der Waals surface area contributed by atoms with Gasteiger partial charge in [-0.05, 0) is 37.6 Å². The molecule has 2 atom stereocenters. The van der Waals surface area contributed by atoms with Crippen LogP contribution in [0.15, 0.2) is 18.2 Å². The van der Waals surface area contributed by atoms with Crippen molar-refractivity contribution in [3.05, 3.63) is 34.9 Å². The van der Waals surface area contributed by atoms with E-state index in [9.17, 15) is 36.6 Å². The molecule has 0 amide bonds. The average Bonchev–Trinajstić information content (AvgIpc) is 2.25. The van der Waals surface area contributed by atoms with Crippen LogP contribution in [0.4, 0.5) is 26.3 Å². The summed E-state index contributed by atoms with van der Waals surface area (Å²) >= 11 is 0. The van der Waals surface area contributed by atoms with Crippen molar-refractivity contribution in [3.63, 3.8) is 0 Å². The summed E-state index contributed by atoms with van der Waals surface area (Å²) in [5.74, 6) is -1.26. The third-order valence-electron chi connectivity index (χ3n) is 3.03. The molecule has 0 saturated carbocycles. The average molecular weight is 316 g/mol. The molecule has 1 aromatic rings. The fourth-order valence-corrected chi connectivity index (χ4v) is 2.13. The molecule has 120 valence electrons. The van der Waals surface area contributed by atoms with E-state index in [0.29, 0.717) is 12.1 Å². The van der Waals surface area contributed by atoms with E-state index in [-0.39, 0.29) is 6.07 Å². The molecule has 0 fully saturated rings.